The summed E-state index contributed by atoms with van der Waals surface area (Å²) in [6.07, 6.45) is 1.87. The normalized spacial score (nSPS) is 12.2. The quantitative estimate of drug-likeness (QED) is 0.480. The summed E-state index contributed by atoms with van der Waals surface area (Å²) in [5.41, 5.74) is 0.624. The number of ether oxygens (including phenoxy) is 1. The van der Waals surface area contributed by atoms with Crippen molar-refractivity contribution in [1.82, 2.24) is 19.3 Å². The number of aliphatic hydroxyl groups excluding tert-OH is 1. The smallest absolute Gasteiger partial charge is 0.264 e. The summed E-state index contributed by atoms with van der Waals surface area (Å²) in [6.45, 7) is 0.0565. The first-order valence-corrected chi connectivity index (χ1v) is 9.56. The van der Waals surface area contributed by atoms with Crippen molar-refractivity contribution in [2.45, 2.75) is 12.6 Å². The molecule has 29 heavy (non-hydrogen) atoms. The minimum Gasteiger partial charge on any atom is -0.491 e. The van der Waals surface area contributed by atoms with Crippen LogP contribution in [0.5, 0.6) is 5.75 Å². The Morgan fingerprint density at radius 3 is 2.59 bits per heavy atom. The SMILES string of the molecule is O=c1c2cnn(-c3ccc(F)cc3)c2ncn1C[C@H](O)COc1ccc(Br)cc1. The van der Waals surface area contributed by atoms with Crippen LogP contribution in [0.2, 0.25) is 0 Å². The van der Waals surface area contributed by atoms with Gasteiger partial charge < -0.3 is 9.84 Å². The largest absolute Gasteiger partial charge is 0.491 e. The number of fused-ring (bicyclic) bond motifs is 1. The Hall–Kier alpha value is -3.04. The van der Waals surface area contributed by atoms with Crippen LogP contribution in [0.4, 0.5) is 4.39 Å². The van der Waals surface area contributed by atoms with Gasteiger partial charge >= 0.3 is 0 Å². The fourth-order valence-electron chi connectivity index (χ4n) is 2.85. The van der Waals surface area contributed by atoms with Crippen molar-refractivity contribution in [3.05, 3.63) is 81.7 Å². The zero-order chi connectivity index (χ0) is 20.4. The van der Waals surface area contributed by atoms with E-state index in [1.54, 1.807) is 24.3 Å². The first-order chi connectivity index (χ1) is 14.0. The van der Waals surface area contributed by atoms with E-state index in [-0.39, 0.29) is 24.5 Å². The maximum Gasteiger partial charge on any atom is 0.264 e. The molecule has 148 valence electrons. The van der Waals surface area contributed by atoms with Crippen LogP contribution in [0.15, 0.2) is 70.3 Å². The summed E-state index contributed by atoms with van der Waals surface area (Å²) in [5, 5.41) is 14.7. The minimum atomic E-state index is -0.900. The van der Waals surface area contributed by atoms with E-state index < -0.39 is 6.10 Å². The fraction of sp³-hybridized carbons (Fsp3) is 0.150. The second-order valence-electron chi connectivity index (χ2n) is 6.39. The number of halogens is 2. The average molecular weight is 459 g/mol. The zero-order valence-corrected chi connectivity index (χ0v) is 16.7. The number of rotatable bonds is 6. The summed E-state index contributed by atoms with van der Waals surface area (Å²) in [6, 6.07) is 13.0. The Labute approximate surface area is 173 Å². The van der Waals surface area contributed by atoms with Gasteiger partial charge in [0.25, 0.3) is 5.56 Å². The second kappa shape index (κ2) is 8.14. The highest BCUT2D eigenvalue weighted by molar-refractivity contribution is 9.10. The average Bonchev–Trinajstić information content (AvgIpc) is 3.15. The summed E-state index contributed by atoms with van der Waals surface area (Å²) < 4.78 is 22.4. The van der Waals surface area contributed by atoms with E-state index >= 15 is 0 Å². The van der Waals surface area contributed by atoms with Crippen LogP contribution in [0.3, 0.4) is 0 Å². The van der Waals surface area contributed by atoms with Gasteiger partial charge in [-0.3, -0.25) is 9.36 Å². The van der Waals surface area contributed by atoms with Crippen LogP contribution in [-0.2, 0) is 6.54 Å². The van der Waals surface area contributed by atoms with Gasteiger partial charge in [0.1, 0.15) is 36.0 Å². The molecule has 0 fully saturated rings. The molecule has 2 aromatic carbocycles. The molecular weight excluding hydrogens is 443 g/mol. The predicted octanol–water partition coefficient (Wildman–Crippen LogP) is 2.92. The van der Waals surface area contributed by atoms with E-state index in [1.165, 1.54) is 33.9 Å². The molecule has 4 aromatic rings. The molecule has 9 heteroatoms. The van der Waals surface area contributed by atoms with E-state index in [9.17, 15) is 14.3 Å². The number of nitrogens with zero attached hydrogens (tertiary/aromatic N) is 4. The Balaban J connectivity index is 1.51. The number of aromatic nitrogens is 4. The number of hydrogen-bond acceptors (Lipinski definition) is 5. The fourth-order valence-corrected chi connectivity index (χ4v) is 3.12. The molecule has 0 spiro atoms. The maximum atomic E-state index is 13.1. The van der Waals surface area contributed by atoms with Crippen LogP contribution in [0, 0.1) is 5.82 Å². The highest BCUT2D eigenvalue weighted by Gasteiger charge is 2.14. The number of aliphatic hydroxyl groups is 1. The molecule has 1 atom stereocenters. The lowest BCUT2D eigenvalue weighted by Crippen LogP contribution is -2.30. The molecule has 1 N–H and O–H groups in total. The molecule has 7 nitrogen and oxygen atoms in total. The van der Waals surface area contributed by atoms with Gasteiger partial charge in [-0.2, -0.15) is 5.10 Å². The Morgan fingerprint density at radius 1 is 1.14 bits per heavy atom. The summed E-state index contributed by atoms with van der Waals surface area (Å²) >= 11 is 3.34. The summed E-state index contributed by atoms with van der Waals surface area (Å²) in [7, 11) is 0. The van der Waals surface area contributed by atoms with Crippen LogP contribution in [-0.4, -0.2) is 37.1 Å². The van der Waals surface area contributed by atoms with Crippen LogP contribution < -0.4 is 10.3 Å². The first-order valence-electron chi connectivity index (χ1n) is 8.77. The molecule has 0 bridgehead atoms. The van der Waals surface area contributed by atoms with E-state index in [1.807, 2.05) is 12.1 Å². The molecule has 0 aliphatic rings. The van der Waals surface area contributed by atoms with Gasteiger partial charge in [0.2, 0.25) is 0 Å². The summed E-state index contributed by atoms with van der Waals surface area (Å²) in [4.78, 5) is 17.0. The first kappa shape index (κ1) is 19.3. The van der Waals surface area contributed by atoms with Crippen molar-refractivity contribution >= 4 is 27.0 Å². The molecule has 4 rings (SSSR count). The van der Waals surface area contributed by atoms with E-state index in [0.29, 0.717) is 22.5 Å². The van der Waals surface area contributed by atoms with Gasteiger partial charge in [-0.15, -0.1) is 0 Å². The van der Waals surface area contributed by atoms with Crippen molar-refractivity contribution in [1.29, 1.82) is 0 Å². The van der Waals surface area contributed by atoms with Gasteiger partial charge in [0.05, 0.1) is 18.4 Å². The van der Waals surface area contributed by atoms with Gasteiger partial charge in [-0.25, -0.2) is 14.1 Å². The monoisotopic (exact) mass is 458 g/mol. The van der Waals surface area contributed by atoms with Gasteiger partial charge in [0, 0.05) is 4.47 Å². The van der Waals surface area contributed by atoms with Crippen LogP contribution in [0.25, 0.3) is 16.7 Å². The molecule has 0 radical (unpaired) electrons. The highest BCUT2D eigenvalue weighted by atomic mass is 79.9. The van der Waals surface area contributed by atoms with Gasteiger partial charge in [-0.05, 0) is 48.5 Å². The molecular formula is C20H16BrFN4O3. The van der Waals surface area contributed by atoms with Crippen molar-refractivity contribution in [2.24, 2.45) is 0 Å². The predicted molar refractivity (Wildman–Crippen MR) is 109 cm³/mol. The maximum absolute atomic E-state index is 13.1. The van der Waals surface area contributed by atoms with Crippen molar-refractivity contribution < 1.29 is 14.2 Å². The lowest BCUT2D eigenvalue weighted by atomic mass is 10.3. The number of benzene rings is 2. The third-order valence-corrected chi connectivity index (χ3v) is 4.82. The van der Waals surface area contributed by atoms with Crippen molar-refractivity contribution in [3.8, 4) is 11.4 Å². The second-order valence-corrected chi connectivity index (χ2v) is 7.31. The highest BCUT2D eigenvalue weighted by Crippen LogP contribution is 2.17. The Morgan fingerprint density at radius 2 is 1.86 bits per heavy atom. The van der Waals surface area contributed by atoms with E-state index in [4.69, 9.17) is 4.74 Å². The minimum absolute atomic E-state index is 0.0278. The van der Waals surface area contributed by atoms with E-state index in [0.717, 1.165) is 4.47 Å². The van der Waals surface area contributed by atoms with E-state index in [2.05, 4.69) is 26.0 Å². The lowest BCUT2D eigenvalue weighted by molar-refractivity contribution is 0.0915. The van der Waals surface area contributed by atoms with Crippen LogP contribution in [0.1, 0.15) is 0 Å². The topological polar surface area (TPSA) is 82.2 Å². The van der Waals surface area contributed by atoms with Gasteiger partial charge in [-0.1, -0.05) is 15.9 Å². The molecule has 0 unspecified atom stereocenters. The molecule has 0 saturated heterocycles. The Kier molecular flexibility index (Phi) is 5.41. The third-order valence-electron chi connectivity index (χ3n) is 4.29. The number of hydrogen-bond donors (Lipinski definition) is 1. The van der Waals surface area contributed by atoms with Crippen molar-refractivity contribution in [2.75, 3.05) is 6.61 Å². The standard InChI is InChI=1S/C20H16BrFN4O3/c21-13-1-7-17(8-2-13)29-11-16(27)10-25-12-23-19-18(20(25)28)9-24-26(19)15-5-3-14(22)4-6-15/h1-9,12,16,27H,10-11H2/t16-/m0/s1. The molecule has 0 aliphatic heterocycles. The molecule has 2 heterocycles. The molecule has 0 amide bonds. The van der Waals surface area contributed by atoms with Crippen LogP contribution >= 0.6 is 15.9 Å². The van der Waals surface area contributed by atoms with Crippen molar-refractivity contribution in [3.63, 3.8) is 0 Å². The van der Waals surface area contributed by atoms with Gasteiger partial charge in [0.15, 0.2) is 5.65 Å². The zero-order valence-electron chi connectivity index (χ0n) is 15.1. The third kappa shape index (κ3) is 4.20. The Bertz CT molecular complexity index is 1190. The molecule has 2 aromatic heterocycles. The summed E-state index contributed by atoms with van der Waals surface area (Å²) in [5.74, 6) is 0.258. The lowest BCUT2D eigenvalue weighted by Gasteiger charge is -2.14. The molecule has 0 aliphatic carbocycles. The molecule has 0 saturated carbocycles.